The predicted octanol–water partition coefficient (Wildman–Crippen LogP) is 4.21. The molecule has 1 amide bonds. The molecule has 1 atom stereocenters. The van der Waals surface area contributed by atoms with Crippen LogP contribution in [-0.4, -0.2) is 56.5 Å². The van der Waals surface area contributed by atoms with E-state index in [1.165, 1.54) is 0 Å². The Morgan fingerprint density at radius 2 is 1.80 bits per heavy atom. The van der Waals surface area contributed by atoms with Gasteiger partial charge in [-0.1, -0.05) is 36.0 Å². The molecule has 188 valence electrons. The third-order valence-corrected chi connectivity index (χ3v) is 10.0. The number of hydrogen-bond acceptors (Lipinski definition) is 7. The van der Waals surface area contributed by atoms with Gasteiger partial charge in [0.2, 0.25) is 0 Å². The van der Waals surface area contributed by atoms with Gasteiger partial charge in [-0.2, -0.15) is 0 Å². The lowest BCUT2D eigenvalue weighted by Gasteiger charge is -2.39. The fourth-order valence-electron chi connectivity index (χ4n) is 4.45. The van der Waals surface area contributed by atoms with Gasteiger partial charge >= 0.3 is 0 Å². The predicted molar refractivity (Wildman–Crippen MR) is 136 cm³/mol. The van der Waals surface area contributed by atoms with E-state index in [0.717, 1.165) is 22.6 Å². The molecule has 35 heavy (non-hydrogen) atoms. The van der Waals surface area contributed by atoms with Crippen molar-refractivity contribution in [3.05, 3.63) is 67.3 Å². The Balaban J connectivity index is 1.55. The number of nitrogens with one attached hydrogen (secondary N) is 1. The molecule has 0 aromatic heterocycles. The number of sulfone groups is 1. The third-order valence-electron chi connectivity index (χ3n) is 6.51. The molecule has 4 rings (SSSR count). The highest BCUT2D eigenvalue weighted by molar-refractivity contribution is 7.99. The topological polar surface area (TPSA) is 84.9 Å². The number of piperidine rings is 1. The molecule has 2 saturated heterocycles. The monoisotopic (exact) mass is 516 g/mol. The highest BCUT2D eigenvalue weighted by atomic mass is 32.2. The van der Waals surface area contributed by atoms with Crippen molar-refractivity contribution < 1.29 is 22.8 Å². The van der Waals surface area contributed by atoms with Crippen LogP contribution < -0.4 is 5.48 Å². The summed E-state index contributed by atoms with van der Waals surface area (Å²) < 4.78 is 31.8. The van der Waals surface area contributed by atoms with E-state index in [9.17, 15) is 13.2 Å². The number of rotatable bonds is 9. The van der Waals surface area contributed by atoms with Crippen molar-refractivity contribution in [1.29, 1.82) is 0 Å². The van der Waals surface area contributed by atoms with Gasteiger partial charge in [0.1, 0.15) is 0 Å². The minimum Gasteiger partial charge on any atom is -0.350 e. The molecule has 0 aliphatic carbocycles. The molecule has 7 nitrogen and oxygen atoms in total. The molecular weight excluding hydrogens is 484 g/mol. The summed E-state index contributed by atoms with van der Waals surface area (Å²) in [6.45, 7) is 5.92. The standard InChI is InChI=1S/C26H32N2O5S2/c1-2-17-28-18-15-26(16-19-28,25(29)27-33-24-10-6-7-20-32-24)35(30,31)23-13-11-22(12-14-23)34-21-8-4-3-5-9-21/h2-5,8-9,11-14,24H,1,6-7,10,15-20H2,(H,27,29). The molecule has 2 aliphatic rings. The van der Waals surface area contributed by atoms with Crippen LogP contribution >= 0.6 is 11.8 Å². The summed E-state index contributed by atoms with van der Waals surface area (Å²) in [7, 11) is -4.00. The van der Waals surface area contributed by atoms with Gasteiger partial charge in [-0.3, -0.25) is 9.69 Å². The zero-order valence-electron chi connectivity index (χ0n) is 19.7. The minimum absolute atomic E-state index is 0.135. The van der Waals surface area contributed by atoms with Gasteiger partial charge < -0.3 is 4.74 Å². The molecule has 2 aromatic rings. The summed E-state index contributed by atoms with van der Waals surface area (Å²) in [4.78, 5) is 23.2. The summed E-state index contributed by atoms with van der Waals surface area (Å²) in [6, 6.07) is 16.6. The second-order valence-corrected chi connectivity index (χ2v) is 12.2. The second-order valence-electron chi connectivity index (χ2n) is 8.82. The Hall–Kier alpha value is -2.17. The van der Waals surface area contributed by atoms with Gasteiger partial charge in [0, 0.05) is 42.5 Å². The van der Waals surface area contributed by atoms with Crippen molar-refractivity contribution in [2.45, 2.75) is 57.8 Å². The molecule has 1 N–H and O–H groups in total. The molecule has 2 fully saturated rings. The van der Waals surface area contributed by atoms with Crippen molar-refractivity contribution >= 4 is 27.5 Å². The normalized spacial score (nSPS) is 20.7. The first-order valence-corrected chi connectivity index (χ1v) is 14.2. The smallest absolute Gasteiger partial charge is 0.265 e. The summed E-state index contributed by atoms with van der Waals surface area (Å²) >= 11 is 1.55. The summed E-state index contributed by atoms with van der Waals surface area (Å²) in [5.74, 6) is -0.632. The van der Waals surface area contributed by atoms with E-state index in [0.29, 0.717) is 32.7 Å². The van der Waals surface area contributed by atoms with Crippen LogP contribution in [0.2, 0.25) is 0 Å². The lowest BCUT2D eigenvalue weighted by atomic mass is 9.95. The van der Waals surface area contributed by atoms with Crippen LogP contribution in [0.5, 0.6) is 0 Å². The van der Waals surface area contributed by atoms with Crippen LogP contribution in [0.3, 0.4) is 0 Å². The van der Waals surface area contributed by atoms with Crippen molar-refractivity contribution in [1.82, 2.24) is 10.4 Å². The number of carbonyl (C=O) groups excluding carboxylic acids is 1. The van der Waals surface area contributed by atoms with Crippen LogP contribution in [0, 0.1) is 0 Å². The van der Waals surface area contributed by atoms with Crippen LogP contribution in [0.15, 0.2) is 81.9 Å². The second kappa shape index (κ2) is 11.7. The first-order chi connectivity index (χ1) is 16.9. The average molecular weight is 517 g/mol. The zero-order chi connectivity index (χ0) is 24.7. The number of carbonyl (C=O) groups is 1. The Kier molecular flexibility index (Phi) is 8.67. The maximum Gasteiger partial charge on any atom is 0.265 e. The van der Waals surface area contributed by atoms with E-state index < -0.39 is 26.8 Å². The van der Waals surface area contributed by atoms with E-state index in [1.807, 2.05) is 30.3 Å². The molecular formula is C26H32N2O5S2. The highest BCUT2D eigenvalue weighted by Crippen LogP contribution is 2.37. The van der Waals surface area contributed by atoms with E-state index in [-0.39, 0.29) is 17.7 Å². The first-order valence-electron chi connectivity index (χ1n) is 11.9. The summed E-state index contributed by atoms with van der Waals surface area (Å²) in [5.41, 5.74) is 2.44. The molecule has 2 heterocycles. The molecule has 2 aliphatic heterocycles. The zero-order valence-corrected chi connectivity index (χ0v) is 21.4. The number of likely N-dealkylation sites (tertiary alicyclic amines) is 1. The van der Waals surface area contributed by atoms with Gasteiger partial charge in [-0.15, -0.1) is 6.58 Å². The fourth-order valence-corrected chi connectivity index (χ4v) is 7.24. The van der Waals surface area contributed by atoms with E-state index in [1.54, 1.807) is 42.1 Å². The quantitative estimate of drug-likeness (QED) is 0.395. The molecule has 2 aromatic carbocycles. The van der Waals surface area contributed by atoms with E-state index in [4.69, 9.17) is 9.57 Å². The van der Waals surface area contributed by atoms with Crippen LogP contribution in [0.4, 0.5) is 0 Å². The Labute approximate surface area is 211 Å². The molecule has 0 spiro atoms. The maximum atomic E-state index is 13.9. The Bertz CT molecular complexity index is 1090. The Morgan fingerprint density at radius 3 is 2.43 bits per heavy atom. The average Bonchev–Trinajstić information content (AvgIpc) is 2.89. The molecule has 0 saturated carbocycles. The molecule has 0 bridgehead atoms. The number of ether oxygens (including phenoxy) is 1. The van der Waals surface area contributed by atoms with E-state index >= 15 is 0 Å². The van der Waals surface area contributed by atoms with Gasteiger partial charge in [0.25, 0.3) is 5.91 Å². The minimum atomic E-state index is -4.00. The Morgan fingerprint density at radius 1 is 1.11 bits per heavy atom. The SMILES string of the molecule is C=CCN1CCC(C(=O)NOC2CCCCO2)(S(=O)(=O)c2ccc(Sc3ccccc3)cc2)CC1. The number of hydrogen-bond donors (Lipinski definition) is 1. The van der Waals surface area contributed by atoms with Crippen molar-refractivity contribution in [2.24, 2.45) is 0 Å². The molecule has 9 heteroatoms. The first kappa shape index (κ1) is 25.9. The third kappa shape index (κ3) is 5.98. The molecule has 0 radical (unpaired) electrons. The van der Waals surface area contributed by atoms with Crippen molar-refractivity contribution in [3.8, 4) is 0 Å². The van der Waals surface area contributed by atoms with Crippen molar-refractivity contribution in [3.63, 3.8) is 0 Å². The number of benzene rings is 2. The number of nitrogens with zero attached hydrogens (tertiary/aromatic N) is 1. The maximum absolute atomic E-state index is 13.9. The van der Waals surface area contributed by atoms with Crippen molar-refractivity contribution in [2.75, 3.05) is 26.2 Å². The van der Waals surface area contributed by atoms with E-state index in [2.05, 4.69) is 17.0 Å². The lowest BCUT2D eigenvalue weighted by Crippen LogP contribution is -2.58. The van der Waals surface area contributed by atoms with Crippen LogP contribution in [-0.2, 0) is 24.2 Å². The number of amides is 1. The lowest BCUT2D eigenvalue weighted by molar-refractivity contribution is -0.202. The van der Waals surface area contributed by atoms with Gasteiger partial charge in [-0.25, -0.2) is 18.7 Å². The van der Waals surface area contributed by atoms with Crippen LogP contribution in [0.25, 0.3) is 0 Å². The van der Waals surface area contributed by atoms with Gasteiger partial charge in [-0.05, 0) is 62.1 Å². The highest BCUT2D eigenvalue weighted by Gasteiger charge is 2.53. The van der Waals surface area contributed by atoms with Gasteiger partial charge in [0.05, 0.1) is 4.90 Å². The number of hydroxylamine groups is 1. The summed E-state index contributed by atoms with van der Waals surface area (Å²) in [6.07, 6.45) is 4.12. The van der Waals surface area contributed by atoms with Crippen LogP contribution in [0.1, 0.15) is 32.1 Å². The largest absolute Gasteiger partial charge is 0.350 e. The molecule has 1 unspecified atom stereocenters. The van der Waals surface area contributed by atoms with Gasteiger partial charge in [0.15, 0.2) is 20.9 Å². The summed E-state index contributed by atoms with van der Waals surface area (Å²) in [5, 5.41) is 0. The fraction of sp³-hybridized carbons (Fsp3) is 0.423.